The molecule has 0 aromatic carbocycles. The summed E-state index contributed by atoms with van der Waals surface area (Å²) in [7, 11) is 2.01. The van der Waals surface area contributed by atoms with E-state index in [9.17, 15) is 0 Å². The van der Waals surface area contributed by atoms with E-state index in [4.69, 9.17) is 4.98 Å². The molecule has 1 aliphatic rings. The van der Waals surface area contributed by atoms with Gasteiger partial charge in [-0.05, 0) is 26.3 Å². The number of rotatable bonds is 4. The van der Waals surface area contributed by atoms with Crippen molar-refractivity contribution in [3.63, 3.8) is 0 Å². The Kier molecular flexibility index (Phi) is 4.36. The highest BCUT2D eigenvalue weighted by atomic mass is 32.1. The maximum absolute atomic E-state index is 4.85. The predicted octanol–water partition coefficient (Wildman–Crippen LogP) is 3.47. The lowest BCUT2D eigenvalue weighted by Gasteiger charge is -2.18. The Bertz CT molecular complexity index is 327. The maximum Gasteiger partial charge on any atom is 0.0962 e. The number of hydrogen-bond donors (Lipinski definition) is 1. The van der Waals surface area contributed by atoms with Gasteiger partial charge in [0.05, 0.1) is 10.7 Å². The molecule has 0 aliphatic heterocycles. The standard InChI is InChI=1S/C13H22N2S/c1-3-11-12(9-14-2)16-13(15-11)10-7-5-4-6-8-10/h10,14H,3-9H2,1-2H3. The number of hydrogen-bond acceptors (Lipinski definition) is 3. The van der Waals surface area contributed by atoms with Gasteiger partial charge in [0.25, 0.3) is 0 Å². The number of aryl methyl sites for hydroxylation is 1. The highest BCUT2D eigenvalue weighted by molar-refractivity contribution is 7.11. The largest absolute Gasteiger partial charge is 0.315 e. The van der Waals surface area contributed by atoms with Crippen LogP contribution in [0.25, 0.3) is 0 Å². The molecule has 0 atom stereocenters. The number of nitrogens with one attached hydrogen (secondary N) is 1. The minimum atomic E-state index is 0.759. The van der Waals surface area contributed by atoms with Crippen molar-refractivity contribution < 1.29 is 0 Å². The van der Waals surface area contributed by atoms with Gasteiger partial charge in [0, 0.05) is 17.3 Å². The van der Waals surface area contributed by atoms with Gasteiger partial charge in [0.15, 0.2) is 0 Å². The van der Waals surface area contributed by atoms with Crippen molar-refractivity contribution in [3.05, 3.63) is 15.6 Å². The zero-order chi connectivity index (χ0) is 11.4. The zero-order valence-electron chi connectivity index (χ0n) is 10.4. The first kappa shape index (κ1) is 12.1. The maximum atomic E-state index is 4.85. The molecular formula is C13H22N2S. The van der Waals surface area contributed by atoms with Crippen LogP contribution in [0.3, 0.4) is 0 Å². The molecule has 0 bridgehead atoms. The molecule has 1 aromatic heterocycles. The molecule has 0 amide bonds. The van der Waals surface area contributed by atoms with Crippen molar-refractivity contribution in [2.45, 2.75) is 57.9 Å². The van der Waals surface area contributed by atoms with E-state index < -0.39 is 0 Å². The highest BCUT2D eigenvalue weighted by Gasteiger charge is 2.20. The molecule has 0 saturated heterocycles. The van der Waals surface area contributed by atoms with Crippen LogP contribution >= 0.6 is 11.3 Å². The van der Waals surface area contributed by atoms with E-state index in [2.05, 4.69) is 12.2 Å². The Morgan fingerprint density at radius 2 is 2.06 bits per heavy atom. The van der Waals surface area contributed by atoms with E-state index in [1.54, 1.807) is 0 Å². The average molecular weight is 238 g/mol. The first-order valence-corrected chi connectivity index (χ1v) is 7.29. The van der Waals surface area contributed by atoms with Gasteiger partial charge < -0.3 is 5.32 Å². The van der Waals surface area contributed by atoms with Gasteiger partial charge in [-0.3, -0.25) is 0 Å². The highest BCUT2D eigenvalue weighted by Crippen LogP contribution is 2.35. The van der Waals surface area contributed by atoms with E-state index >= 15 is 0 Å². The Morgan fingerprint density at radius 3 is 2.69 bits per heavy atom. The van der Waals surface area contributed by atoms with Crippen molar-refractivity contribution in [2.24, 2.45) is 0 Å². The van der Waals surface area contributed by atoms with Gasteiger partial charge in [0.2, 0.25) is 0 Å². The monoisotopic (exact) mass is 238 g/mol. The zero-order valence-corrected chi connectivity index (χ0v) is 11.2. The van der Waals surface area contributed by atoms with Crippen molar-refractivity contribution in [2.75, 3.05) is 7.05 Å². The summed E-state index contributed by atoms with van der Waals surface area (Å²) >= 11 is 1.94. The fourth-order valence-corrected chi connectivity index (χ4v) is 3.84. The van der Waals surface area contributed by atoms with E-state index in [-0.39, 0.29) is 0 Å². The molecular weight excluding hydrogens is 216 g/mol. The third-order valence-corrected chi connectivity index (χ3v) is 4.68. The van der Waals surface area contributed by atoms with Crippen LogP contribution < -0.4 is 5.32 Å². The average Bonchev–Trinajstić information content (AvgIpc) is 2.74. The van der Waals surface area contributed by atoms with E-state index in [1.165, 1.54) is 47.7 Å². The van der Waals surface area contributed by atoms with Crippen LogP contribution in [0.2, 0.25) is 0 Å². The quantitative estimate of drug-likeness (QED) is 0.868. The van der Waals surface area contributed by atoms with E-state index in [1.807, 2.05) is 18.4 Å². The summed E-state index contributed by atoms with van der Waals surface area (Å²) in [4.78, 5) is 6.30. The molecule has 1 heterocycles. The second kappa shape index (κ2) is 5.78. The molecule has 3 heteroatoms. The van der Waals surface area contributed by atoms with Crippen LogP contribution in [0, 0.1) is 0 Å². The van der Waals surface area contributed by atoms with E-state index in [0.717, 1.165) is 18.9 Å². The molecule has 1 N–H and O–H groups in total. The predicted molar refractivity (Wildman–Crippen MR) is 70.1 cm³/mol. The summed E-state index contributed by atoms with van der Waals surface area (Å²) in [6.07, 6.45) is 8.00. The van der Waals surface area contributed by atoms with Gasteiger partial charge >= 0.3 is 0 Å². The van der Waals surface area contributed by atoms with Gasteiger partial charge in [-0.1, -0.05) is 26.2 Å². The van der Waals surface area contributed by atoms with Gasteiger partial charge in [0.1, 0.15) is 0 Å². The van der Waals surface area contributed by atoms with Crippen LogP contribution in [0.5, 0.6) is 0 Å². The minimum Gasteiger partial charge on any atom is -0.315 e. The normalized spacial score (nSPS) is 17.9. The third kappa shape index (κ3) is 2.64. The molecule has 16 heavy (non-hydrogen) atoms. The van der Waals surface area contributed by atoms with Gasteiger partial charge in [-0.25, -0.2) is 4.98 Å². The summed E-state index contributed by atoms with van der Waals surface area (Å²) in [5.41, 5.74) is 1.32. The lowest BCUT2D eigenvalue weighted by Crippen LogP contribution is -2.05. The van der Waals surface area contributed by atoms with Crippen molar-refractivity contribution in [1.82, 2.24) is 10.3 Å². The Labute approximate surface area is 102 Å². The van der Waals surface area contributed by atoms with Crippen LogP contribution in [0.15, 0.2) is 0 Å². The topological polar surface area (TPSA) is 24.9 Å². The summed E-state index contributed by atoms with van der Waals surface area (Å²) in [5.74, 6) is 0.759. The summed E-state index contributed by atoms with van der Waals surface area (Å²) < 4.78 is 0. The molecule has 2 rings (SSSR count). The van der Waals surface area contributed by atoms with Crippen LogP contribution in [-0.4, -0.2) is 12.0 Å². The van der Waals surface area contributed by atoms with Crippen LogP contribution in [-0.2, 0) is 13.0 Å². The Morgan fingerprint density at radius 1 is 1.31 bits per heavy atom. The molecule has 2 nitrogen and oxygen atoms in total. The number of aromatic nitrogens is 1. The molecule has 1 aliphatic carbocycles. The lowest BCUT2D eigenvalue weighted by atomic mass is 9.90. The smallest absolute Gasteiger partial charge is 0.0962 e. The lowest BCUT2D eigenvalue weighted by molar-refractivity contribution is 0.442. The number of thiazole rings is 1. The molecule has 0 unspecified atom stereocenters. The first-order valence-electron chi connectivity index (χ1n) is 6.48. The van der Waals surface area contributed by atoms with Crippen molar-refractivity contribution in [1.29, 1.82) is 0 Å². The summed E-state index contributed by atoms with van der Waals surface area (Å²) in [6, 6.07) is 0. The SMILES string of the molecule is CCc1nc(C2CCCCC2)sc1CNC. The minimum absolute atomic E-state index is 0.759. The molecule has 1 fully saturated rings. The van der Waals surface area contributed by atoms with Crippen molar-refractivity contribution in [3.8, 4) is 0 Å². The Balaban J connectivity index is 2.14. The molecule has 90 valence electrons. The fraction of sp³-hybridized carbons (Fsp3) is 0.769. The third-order valence-electron chi connectivity index (χ3n) is 3.42. The second-order valence-electron chi connectivity index (χ2n) is 4.64. The fourth-order valence-electron chi connectivity index (χ4n) is 2.50. The number of nitrogens with zero attached hydrogens (tertiary/aromatic N) is 1. The van der Waals surface area contributed by atoms with Gasteiger partial charge in [-0.2, -0.15) is 0 Å². The Hall–Kier alpha value is -0.410. The molecule has 1 aromatic rings. The van der Waals surface area contributed by atoms with Crippen LogP contribution in [0.1, 0.15) is 60.5 Å². The first-order chi connectivity index (χ1) is 7.85. The van der Waals surface area contributed by atoms with Crippen molar-refractivity contribution >= 4 is 11.3 Å². The van der Waals surface area contributed by atoms with Crippen LogP contribution in [0.4, 0.5) is 0 Å². The van der Waals surface area contributed by atoms with E-state index in [0.29, 0.717) is 0 Å². The second-order valence-corrected chi connectivity index (χ2v) is 5.76. The molecule has 1 saturated carbocycles. The molecule has 0 spiro atoms. The summed E-state index contributed by atoms with van der Waals surface area (Å²) in [5, 5.41) is 4.65. The summed E-state index contributed by atoms with van der Waals surface area (Å²) in [6.45, 7) is 3.19. The molecule has 0 radical (unpaired) electrons. The van der Waals surface area contributed by atoms with Gasteiger partial charge in [-0.15, -0.1) is 11.3 Å².